The number of hydrogen-bond acceptors (Lipinski definition) is 9. The number of rotatable bonds is 8. The minimum atomic E-state index is -0.227. The molecule has 1 atom stereocenters. The van der Waals surface area contributed by atoms with E-state index in [9.17, 15) is 9.59 Å². The van der Waals surface area contributed by atoms with Crippen molar-refractivity contribution in [3.05, 3.63) is 40.2 Å². The predicted molar refractivity (Wildman–Crippen MR) is 114 cm³/mol. The van der Waals surface area contributed by atoms with Gasteiger partial charge in [-0.3, -0.25) is 9.59 Å². The monoisotopic (exact) mass is 426 g/mol. The molecule has 0 aromatic carbocycles. The van der Waals surface area contributed by atoms with Gasteiger partial charge in [-0.05, 0) is 13.8 Å². The van der Waals surface area contributed by atoms with Gasteiger partial charge in [0, 0.05) is 37.8 Å². The number of amides is 1. The molecule has 2 N–H and O–H groups in total. The Morgan fingerprint density at radius 1 is 1.29 bits per heavy atom. The SMILES string of the molecule is Cc1c(N[C@@H](C)COCCC(=O)N2CCN(c3cnc(C#N)cn3)CC2)cn[nH]c1=O. The van der Waals surface area contributed by atoms with Gasteiger partial charge in [-0.1, -0.05) is 0 Å². The highest BCUT2D eigenvalue weighted by molar-refractivity contribution is 5.76. The number of piperazine rings is 1. The molecule has 2 aromatic heterocycles. The van der Waals surface area contributed by atoms with Crippen LogP contribution in [0.4, 0.5) is 11.5 Å². The summed E-state index contributed by atoms with van der Waals surface area (Å²) in [6, 6.07) is 1.92. The summed E-state index contributed by atoms with van der Waals surface area (Å²) in [4.78, 5) is 36.2. The molecule has 1 aliphatic heterocycles. The molecule has 0 spiro atoms. The van der Waals surface area contributed by atoms with Crippen molar-refractivity contribution in [2.24, 2.45) is 0 Å². The van der Waals surface area contributed by atoms with Gasteiger partial charge in [0.2, 0.25) is 5.91 Å². The van der Waals surface area contributed by atoms with Crippen LogP contribution >= 0.6 is 0 Å². The Labute approximate surface area is 180 Å². The van der Waals surface area contributed by atoms with Crippen molar-refractivity contribution in [3.63, 3.8) is 0 Å². The topological polar surface area (TPSA) is 140 Å². The molecule has 1 amide bonds. The van der Waals surface area contributed by atoms with E-state index in [4.69, 9.17) is 10.00 Å². The zero-order chi connectivity index (χ0) is 22.2. The van der Waals surface area contributed by atoms with Crippen molar-refractivity contribution in [1.82, 2.24) is 25.1 Å². The normalized spacial score (nSPS) is 14.7. The van der Waals surface area contributed by atoms with Crippen LogP contribution in [-0.4, -0.2) is 76.4 Å². The maximum atomic E-state index is 12.4. The first kappa shape index (κ1) is 22.2. The van der Waals surface area contributed by atoms with Crippen molar-refractivity contribution < 1.29 is 9.53 Å². The van der Waals surface area contributed by atoms with Gasteiger partial charge < -0.3 is 19.9 Å². The number of nitrogens with zero attached hydrogens (tertiary/aromatic N) is 6. The van der Waals surface area contributed by atoms with E-state index >= 15 is 0 Å². The van der Waals surface area contributed by atoms with E-state index < -0.39 is 0 Å². The van der Waals surface area contributed by atoms with Crippen molar-refractivity contribution in [2.75, 3.05) is 49.6 Å². The summed E-state index contributed by atoms with van der Waals surface area (Å²) in [5.74, 6) is 0.766. The molecule has 0 bridgehead atoms. The summed E-state index contributed by atoms with van der Waals surface area (Å²) in [5.41, 5.74) is 1.30. The zero-order valence-corrected chi connectivity index (χ0v) is 17.7. The van der Waals surface area contributed by atoms with E-state index in [2.05, 4.69) is 25.5 Å². The van der Waals surface area contributed by atoms with Crippen LogP contribution in [0, 0.1) is 18.3 Å². The summed E-state index contributed by atoms with van der Waals surface area (Å²) in [5, 5.41) is 18.2. The van der Waals surface area contributed by atoms with Crippen LogP contribution in [0.2, 0.25) is 0 Å². The van der Waals surface area contributed by atoms with Gasteiger partial charge >= 0.3 is 0 Å². The Hall–Kier alpha value is -3.52. The molecule has 0 radical (unpaired) electrons. The number of hydrogen-bond donors (Lipinski definition) is 2. The highest BCUT2D eigenvalue weighted by Crippen LogP contribution is 2.13. The van der Waals surface area contributed by atoms with Crippen LogP contribution in [0.5, 0.6) is 0 Å². The van der Waals surface area contributed by atoms with Crippen LogP contribution < -0.4 is 15.8 Å². The van der Waals surface area contributed by atoms with Crippen LogP contribution in [0.1, 0.15) is 24.6 Å². The van der Waals surface area contributed by atoms with Crippen molar-refractivity contribution >= 4 is 17.4 Å². The number of anilines is 2. The minimum absolute atomic E-state index is 0.0329. The second kappa shape index (κ2) is 10.5. The molecule has 2 aromatic rings. The summed E-state index contributed by atoms with van der Waals surface area (Å²) in [7, 11) is 0. The Bertz CT molecular complexity index is 977. The Balaban J connectivity index is 1.35. The quantitative estimate of drug-likeness (QED) is 0.570. The zero-order valence-electron chi connectivity index (χ0n) is 17.7. The van der Waals surface area contributed by atoms with Crippen LogP contribution in [0.3, 0.4) is 0 Å². The predicted octanol–water partition coefficient (Wildman–Crippen LogP) is 0.296. The lowest BCUT2D eigenvalue weighted by atomic mass is 10.2. The van der Waals surface area contributed by atoms with Crippen molar-refractivity contribution in [2.45, 2.75) is 26.3 Å². The van der Waals surface area contributed by atoms with Gasteiger partial charge in [-0.2, -0.15) is 10.4 Å². The summed E-state index contributed by atoms with van der Waals surface area (Å²) in [6.45, 7) is 6.94. The number of ether oxygens (including phenoxy) is 1. The number of aromatic nitrogens is 4. The fourth-order valence-electron chi connectivity index (χ4n) is 3.22. The number of nitriles is 1. The lowest BCUT2D eigenvalue weighted by Crippen LogP contribution is -2.49. The lowest BCUT2D eigenvalue weighted by Gasteiger charge is -2.35. The molecule has 0 aliphatic carbocycles. The van der Waals surface area contributed by atoms with E-state index in [1.165, 1.54) is 6.20 Å². The second-order valence-electron chi connectivity index (χ2n) is 7.35. The Morgan fingerprint density at radius 2 is 2.06 bits per heavy atom. The number of carbonyl (C=O) groups is 1. The molecule has 11 heteroatoms. The molecule has 11 nitrogen and oxygen atoms in total. The van der Waals surface area contributed by atoms with Gasteiger partial charge in [0.05, 0.1) is 43.9 Å². The smallest absolute Gasteiger partial charge is 0.269 e. The summed E-state index contributed by atoms with van der Waals surface area (Å²) >= 11 is 0. The number of nitrogens with one attached hydrogen (secondary N) is 2. The average Bonchev–Trinajstić information content (AvgIpc) is 2.80. The standard InChI is InChI=1S/C20H26N8O3/c1-14(25-17-11-24-26-20(30)15(17)2)13-31-8-3-19(29)28-6-4-27(5-7-28)18-12-22-16(9-21)10-23-18/h10-12,14H,3-8,13H2,1-2H3,(H2,25,26,30)/t14-/m0/s1. The van der Waals surface area contributed by atoms with Crippen molar-refractivity contribution in [1.29, 1.82) is 5.26 Å². The van der Waals surface area contributed by atoms with E-state index in [-0.39, 0.29) is 23.2 Å². The second-order valence-corrected chi connectivity index (χ2v) is 7.35. The molecule has 0 saturated carbocycles. The highest BCUT2D eigenvalue weighted by atomic mass is 16.5. The first-order valence-electron chi connectivity index (χ1n) is 10.1. The first-order valence-corrected chi connectivity index (χ1v) is 10.1. The van der Waals surface area contributed by atoms with Crippen LogP contribution in [-0.2, 0) is 9.53 Å². The molecule has 3 rings (SSSR count). The third kappa shape index (κ3) is 5.99. The summed E-state index contributed by atoms with van der Waals surface area (Å²) < 4.78 is 5.64. The molecule has 1 saturated heterocycles. The molecule has 1 aliphatic rings. The fourth-order valence-corrected chi connectivity index (χ4v) is 3.22. The number of carbonyl (C=O) groups excluding carboxylic acids is 1. The first-order chi connectivity index (χ1) is 15.0. The van der Waals surface area contributed by atoms with Gasteiger partial charge in [0.15, 0.2) is 5.69 Å². The molecule has 1 fully saturated rings. The van der Waals surface area contributed by atoms with Crippen LogP contribution in [0.25, 0.3) is 0 Å². The maximum absolute atomic E-state index is 12.4. The third-order valence-electron chi connectivity index (χ3n) is 5.04. The van der Waals surface area contributed by atoms with Gasteiger partial charge in [0.1, 0.15) is 11.9 Å². The minimum Gasteiger partial charge on any atom is -0.379 e. The Kier molecular flexibility index (Phi) is 7.50. The lowest BCUT2D eigenvalue weighted by molar-refractivity contribution is -0.132. The third-order valence-corrected chi connectivity index (χ3v) is 5.04. The molecular formula is C20H26N8O3. The van der Waals surface area contributed by atoms with Crippen molar-refractivity contribution in [3.8, 4) is 6.07 Å². The molecule has 164 valence electrons. The average molecular weight is 426 g/mol. The highest BCUT2D eigenvalue weighted by Gasteiger charge is 2.22. The maximum Gasteiger partial charge on any atom is 0.269 e. The van der Waals surface area contributed by atoms with Gasteiger partial charge in [-0.15, -0.1) is 0 Å². The van der Waals surface area contributed by atoms with E-state index in [0.717, 1.165) is 0 Å². The van der Waals surface area contributed by atoms with Gasteiger partial charge in [0.25, 0.3) is 5.56 Å². The summed E-state index contributed by atoms with van der Waals surface area (Å²) in [6.07, 6.45) is 4.92. The number of H-pyrrole nitrogens is 1. The fraction of sp³-hybridized carbons (Fsp3) is 0.500. The molecular weight excluding hydrogens is 400 g/mol. The number of aromatic amines is 1. The van der Waals surface area contributed by atoms with Crippen LogP contribution in [0.15, 0.2) is 23.4 Å². The van der Waals surface area contributed by atoms with Gasteiger partial charge in [-0.25, -0.2) is 15.1 Å². The van der Waals surface area contributed by atoms with E-state index in [0.29, 0.717) is 62.9 Å². The molecule has 3 heterocycles. The Morgan fingerprint density at radius 3 is 2.74 bits per heavy atom. The van der Waals surface area contributed by atoms with E-state index in [1.807, 2.05) is 22.8 Å². The molecule has 31 heavy (non-hydrogen) atoms. The van der Waals surface area contributed by atoms with E-state index in [1.54, 1.807) is 19.3 Å². The molecule has 0 unspecified atom stereocenters. The largest absolute Gasteiger partial charge is 0.379 e.